The van der Waals surface area contributed by atoms with Crippen molar-refractivity contribution >= 4 is 5.78 Å². The van der Waals surface area contributed by atoms with Gasteiger partial charge in [0.1, 0.15) is 5.78 Å². The van der Waals surface area contributed by atoms with Crippen LogP contribution >= 0.6 is 0 Å². The van der Waals surface area contributed by atoms with Gasteiger partial charge in [-0.15, -0.1) is 0 Å². The van der Waals surface area contributed by atoms with Crippen molar-refractivity contribution in [2.45, 2.75) is 33.6 Å². The summed E-state index contributed by atoms with van der Waals surface area (Å²) in [6.45, 7) is 6.34. The number of ketones is 1. The van der Waals surface area contributed by atoms with Crippen molar-refractivity contribution in [2.24, 2.45) is 22.7 Å². The SMILES string of the molecule is CC(C)C12CC(=O)C(C)(CO)C1C2. The van der Waals surface area contributed by atoms with E-state index in [4.69, 9.17) is 0 Å². The molecule has 13 heavy (non-hydrogen) atoms. The molecule has 0 bridgehead atoms. The molecule has 0 aromatic heterocycles. The molecule has 3 unspecified atom stereocenters. The fourth-order valence-corrected chi connectivity index (χ4v) is 3.11. The van der Waals surface area contributed by atoms with E-state index in [1.165, 1.54) is 0 Å². The number of fused-ring (bicyclic) bond motifs is 1. The molecule has 2 heteroatoms. The first-order valence-corrected chi connectivity index (χ1v) is 5.11. The van der Waals surface area contributed by atoms with Crippen molar-refractivity contribution < 1.29 is 9.90 Å². The zero-order chi connectivity index (χ0) is 9.85. The highest BCUT2D eigenvalue weighted by molar-refractivity contribution is 5.90. The van der Waals surface area contributed by atoms with Gasteiger partial charge in [-0.3, -0.25) is 4.79 Å². The van der Waals surface area contributed by atoms with Gasteiger partial charge in [0.2, 0.25) is 0 Å². The van der Waals surface area contributed by atoms with Gasteiger partial charge in [0.05, 0.1) is 12.0 Å². The Morgan fingerprint density at radius 1 is 1.62 bits per heavy atom. The molecule has 0 aromatic carbocycles. The van der Waals surface area contributed by atoms with Crippen LogP contribution in [0.3, 0.4) is 0 Å². The molecule has 2 saturated carbocycles. The molecule has 2 rings (SSSR count). The fourth-order valence-electron chi connectivity index (χ4n) is 3.11. The quantitative estimate of drug-likeness (QED) is 0.704. The molecule has 74 valence electrons. The number of hydrogen-bond donors (Lipinski definition) is 1. The van der Waals surface area contributed by atoms with Gasteiger partial charge < -0.3 is 5.11 Å². The Balaban J connectivity index is 2.27. The number of rotatable bonds is 2. The van der Waals surface area contributed by atoms with Gasteiger partial charge >= 0.3 is 0 Å². The van der Waals surface area contributed by atoms with Gasteiger partial charge in [-0.25, -0.2) is 0 Å². The Bertz CT molecular complexity index is 259. The Morgan fingerprint density at radius 3 is 2.54 bits per heavy atom. The number of aliphatic hydroxyl groups excluding tert-OH is 1. The predicted molar refractivity (Wildman–Crippen MR) is 50.2 cm³/mol. The van der Waals surface area contributed by atoms with Crippen LogP contribution in [-0.4, -0.2) is 17.5 Å². The lowest BCUT2D eigenvalue weighted by molar-refractivity contribution is -0.128. The van der Waals surface area contributed by atoms with Crippen LogP contribution in [0, 0.1) is 22.7 Å². The van der Waals surface area contributed by atoms with Gasteiger partial charge in [0, 0.05) is 6.42 Å². The van der Waals surface area contributed by atoms with E-state index in [0.29, 0.717) is 18.3 Å². The van der Waals surface area contributed by atoms with Gasteiger partial charge in [-0.2, -0.15) is 0 Å². The molecule has 0 aliphatic heterocycles. The van der Waals surface area contributed by atoms with Crippen molar-refractivity contribution in [1.82, 2.24) is 0 Å². The van der Waals surface area contributed by atoms with E-state index in [1.54, 1.807) is 0 Å². The topological polar surface area (TPSA) is 37.3 Å². The number of carbonyl (C=O) groups excluding carboxylic acids is 1. The number of hydrogen-bond acceptors (Lipinski definition) is 2. The minimum atomic E-state index is -0.412. The van der Waals surface area contributed by atoms with E-state index in [1.807, 2.05) is 6.92 Å². The Morgan fingerprint density at radius 2 is 2.23 bits per heavy atom. The average molecular weight is 182 g/mol. The van der Waals surface area contributed by atoms with Crippen LogP contribution in [-0.2, 0) is 4.79 Å². The summed E-state index contributed by atoms with van der Waals surface area (Å²) in [6.07, 6.45) is 1.85. The van der Waals surface area contributed by atoms with Crippen LogP contribution in [0.25, 0.3) is 0 Å². The molecule has 0 amide bonds. The molecule has 1 N–H and O–H groups in total. The van der Waals surface area contributed by atoms with Gasteiger partial charge in [0.15, 0.2) is 0 Å². The second-order valence-electron chi connectivity index (χ2n) is 5.32. The lowest BCUT2D eigenvalue weighted by atomic mass is 9.84. The van der Waals surface area contributed by atoms with E-state index < -0.39 is 5.41 Å². The summed E-state index contributed by atoms with van der Waals surface area (Å²) in [5, 5.41) is 9.27. The summed E-state index contributed by atoms with van der Waals surface area (Å²) in [5.41, 5.74) is -0.154. The molecule has 3 atom stereocenters. The first-order valence-electron chi connectivity index (χ1n) is 5.11. The molecule has 0 spiro atoms. The normalized spacial score (nSPS) is 48.4. The highest BCUT2D eigenvalue weighted by atomic mass is 16.3. The van der Waals surface area contributed by atoms with Crippen LogP contribution < -0.4 is 0 Å². The maximum absolute atomic E-state index is 11.7. The minimum absolute atomic E-state index is 0.0327. The molecular weight excluding hydrogens is 164 g/mol. The molecule has 0 heterocycles. The van der Waals surface area contributed by atoms with Crippen molar-refractivity contribution in [1.29, 1.82) is 0 Å². The van der Waals surface area contributed by atoms with Crippen LogP contribution in [0.1, 0.15) is 33.6 Å². The van der Waals surface area contributed by atoms with E-state index in [9.17, 15) is 9.90 Å². The fraction of sp³-hybridized carbons (Fsp3) is 0.909. The zero-order valence-electron chi connectivity index (χ0n) is 8.63. The monoisotopic (exact) mass is 182 g/mol. The van der Waals surface area contributed by atoms with Crippen LogP contribution in [0.2, 0.25) is 0 Å². The molecule has 0 aromatic rings. The summed E-state index contributed by atoms with van der Waals surface area (Å²) in [4.78, 5) is 11.7. The standard InChI is InChI=1S/C11H18O2/c1-7(2)11-4-8(11)10(3,6-12)9(13)5-11/h7-8,12H,4-6H2,1-3H3. The van der Waals surface area contributed by atoms with Crippen molar-refractivity contribution in [3.63, 3.8) is 0 Å². The number of Topliss-reactive ketones (excluding diaryl/α,β-unsaturated/α-hetero) is 1. The molecule has 2 aliphatic rings. The average Bonchev–Trinajstić information content (AvgIpc) is 2.75. The molecule has 0 radical (unpaired) electrons. The molecular formula is C11H18O2. The third-order valence-corrected chi connectivity index (χ3v) is 4.49. The van der Waals surface area contributed by atoms with E-state index in [0.717, 1.165) is 6.42 Å². The molecule has 2 aliphatic carbocycles. The lowest BCUT2D eigenvalue weighted by Gasteiger charge is -2.20. The van der Waals surface area contributed by atoms with E-state index in [-0.39, 0.29) is 17.8 Å². The Hall–Kier alpha value is -0.370. The summed E-state index contributed by atoms with van der Waals surface area (Å²) in [5.74, 6) is 1.31. The van der Waals surface area contributed by atoms with E-state index >= 15 is 0 Å². The lowest BCUT2D eigenvalue weighted by Crippen LogP contribution is -2.29. The largest absolute Gasteiger partial charge is 0.395 e. The van der Waals surface area contributed by atoms with Gasteiger partial charge in [-0.1, -0.05) is 20.8 Å². The molecule has 0 saturated heterocycles. The minimum Gasteiger partial charge on any atom is -0.395 e. The second kappa shape index (κ2) is 2.35. The van der Waals surface area contributed by atoms with Gasteiger partial charge in [0.25, 0.3) is 0 Å². The summed E-state index contributed by atoms with van der Waals surface area (Å²) in [6, 6.07) is 0. The number of carbonyl (C=O) groups is 1. The summed E-state index contributed by atoms with van der Waals surface area (Å²) in [7, 11) is 0. The third-order valence-electron chi connectivity index (χ3n) is 4.49. The first-order chi connectivity index (χ1) is 5.97. The van der Waals surface area contributed by atoms with Gasteiger partial charge in [-0.05, 0) is 23.7 Å². The van der Waals surface area contributed by atoms with Crippen molar-refractivity contribution in [3.05, 3.63) is 0 Å². The van der Waals surface area contributed by atoms with E-state index in [2.05, 4.69) is 13.8 Å². The summed E-state index contributed by atoms with van der Waals surface area (Å²) >= 11 is 0. The maximum Gasteiger partial charge on any atom is 0.141 e. The van der Waals surface area contributed by atoms with Crippen molar-refractivity contribution in [2.75, 3.05) is 6.61 Å². The highest BCUT2D eigenvalue weighted by Crippen LogP contribution is 2.72. The predicted octanol–water partition coefficient (Wildman–Crippen LogP) is 1.62. The molecule has 2 fully saturated rings. The van der Waals surface area contributed by atoms with Crippen LogP contribution in [0.4, 0.5) is 0 Å². The smallest absolute Gasteiger partial charge is 0.141 e. The van der Waals surface area contributed by atoms with Crippen molar-refractivity contribution in [3.8, 4) is 0 Å². The Kier molecular flexibility index (Phi) is 1.66. The maximum atomic E-state index is 11.7. The van der Waals surface area contributed by atoms with Crippen LogP contribution in [0.5, 0.6) is 0 Å². The first kappa shape index (κ1) is 9.20. The number of aliphatic hydroxyl groups is 1. The Labute approximate surface area is 79.3 Å². The highest BCUT2D eigenvalue weighted by Gasteiger charge is 2.71. The molecule has 2 nitrogen and oxygen atoms in total. The zero-order valence-corrected chi connectivity index (χ0v) is 8.63. The summed E-state index contributed by atoms with van der Waals surface area (Å²) < 4.78 is 0. The second-order valence-corrected chi connectivity index (χ2v) is 5.32. The van der Waals surface area contributed by atoms with Crippen LogP contribution in [0.15, 0.2) is 0 Å². The third kappa shape index (κ3) is 0.899.